The van der Waals surface area contributed by atoms with Crippen LogP contribution in [0.25, 0.3) is 0 Å². The first-order valence-electron chi connectivity index (χ1n) is 7.89. The maximum atomic E-state index is 5.25. The molecule has 1 aromatic rings. The van der Waals surface area contributed by atoms with E-state index < -0.39 is 0 Å². The van der Waals surface area contributed by atoms with Crippen LogP contribution in [-0.2, 0) is 15.9 Å². The van der Waals surface area contributed by atoms with Crippen molar-refractivity contribution < 1.29 is 9.47 Å². The van der Waals surface area contributed by atoms with E-state index in [4.69, 9.17) is 9.47 Å². The lowest BCUT2D eigenvalue weighted by molar-refractivity contribution is 0.367. The molecule has 3 heterocycles. The molecule has 124 valence electrons. The van der Waals surface area contributed by atoms with Gasteiger partial charge in [0.15, 0.2) is 6.40 Å². The van der Waals surface area contributed by atoms with Crippen LogP contribution in [0.3, 0.4) is 0 Å². The quantitative estimate of drug-likeness (QED) is 0.731. The maximum Gasteiger partial charge on any atom is 0.180 e. The highest BCUT2D eigenvalue weighted by Gasteiger charge is 2.20. The highest BCUT2D eigenvalue weighted by molar-refractivity contribution is 6.29. The third-order valence-electron chi connectivity index (χ3n) is 3.90. The number of nitrogens with zero attached hydrogens (tertiary/aromatic N) is 4. The van der Waals surface area contributed by atoms with E-state index in [1.807, 2.05) is 41.6 Å². The number of fused-ring (bicyclic) bond motifs is 2. The number of benzene rings is 1. The summed E-state index contributed by atoms with van der Waals surface area (Å²) >= 11 is 0. The maximum absolute atomic E-state index is 5.25. The molecular weight excluding hydrogens is 316 g/mol. The molecule has 2 bridgehead atoms. The molecule has 0 spiro atoms. The summed E-state index contributed by atoms with van der Waals surface area (Å²) in [6.45, 7) is 0.448. The third-order valence-corrected chi connectivity index (χ3v) is 3.90. The molecule has 0 N–H and O–H groups in total. The Labute approximate surface area is 145 Å². The number of hydrogen-bond donors (Lipinski definition) is 0. The van der Waals surface area contributed by atoms with Crippen molar-refractivity contribution in [3.63, 3.8) is 0 Å². The molecule has 0 unspecified atom stereocenters. The van der Waals surface area contributed by atoms with E-state index in [-0.39, 0.29) is 0 Å². The van der Waals surface area contributed by atoms with E-state index >= 15 is 0 Å². The molecule has 25 heavy (non-hydrogen) atoms. The predicted octanol–water partition coefficient (Wildman–Crippen LogP) is 3.44. The Kier molecular flexibility index (Phi) is 4.24. The van der Waals surface area contributed by atoms with Gasteiger partial charge in [0.2, 0.25) is 0 Å². The minimum Gasteiger partial charge on any atom is -0.468 e. The molecule has 3 aliphatic heterocycles. The van der Waals surface area contributed by atoms with Gasteiger partial charge in [0.1, 0.15) is 25.5 Å². The fourth-order valence-electron chi connectivity index (χ4n) is 2.69. The number of rotatable bonds is 0. The van der Waals surface area contributed by atoms with Gasteiger partial charge < -0.3 is 14.4 Å². The molecule has 0 atom stereocenters. The standard InChI is InChI=1S/C19H16N4O2/c1-2-4-17-15(3-1)11-19-16-12-23(6-5-18(16)20-13-21-19)7-8-24-9-10-25-14-22-17/h1-10,12,14H,11,13H2/b8-7-,10-9-,22-14-. The van der Waals surface area contributed by atoms with Gasteiger partial charge in [-0.15, -0.1) is 0 Å². The first-order chi connectivity index (χ1) is 12.4. The van der Waals surface area contributed by atoms with Gasteiger partial charge in [0.05, 0.1) is 17.1 Å². The lowest BCUT2D eigenvalue weighted by Crippen LogP contribution is -2.24. The molecule has 1 aromatic carbocycles. The Morgan fingerprint density at radius 3 is 2.88 bits per heavy atom. The van der Waals surface area contributed by atoms with Crippen molar-refractivity contribution in [2.45, 2.75) is 6.42 Å². The van der Waals surface area contributed by atoms with Crippen LogP contribution in [0.1, 0.15) is 5.56 Å². The van der Waals surface area contributed by atoms with Crippen LogP contribution in [0.4, 0.5) is 5.69 Å². The lowest BCUT2D eigenvalue weighted by atomic mass is 9.96. The Balaban J connectivity index is 1.74. The molecule has 0 radical (unpaired) electrons. The summed E-state index contributed by atoms with van der Waals surface area (Å²) in [5.41, 5.74) is 4.88. The molecule has 0 amide bonds. The van der Waals surface area contributed by atoms with Gasteiger partial charge in [0.25, 0.3) is 0 Å². The highest BCUT2D eigenvalue weighted by Crippen LogP contribution is 2.24. The molecule has 0 aromatic heterocycles. The molecular formula is C19H16N4O2. The number of ether oxygens (including phenoxy) is 2. The molecule has 4 rings (SSSR count). The average Bonchev–Trinajstić information content (AvgIpc) is 2.65. The zero-order valence-electron chi connectivity index (χ0n) is 13.4. The highest BCUT2D eigenvalue weighted by atomic mass is 16.5. The predicted molar refractivity (Wildman–Crippen MR) is 97.5 cm³/mol. The summed E-state index contributed by atoms with van der Waals surface area (Å²) in [5, 5.41) is 0. The Hall–Kier alpha value is -3.41. The van der Waals surface area contributed by atoms with Crippen molar-refractivity contribution in [3.05, 3.63) is 78.9 Å². The van der Waals surface area contributed by atoms with Crippen molar-refractivity contribution >= 4 is 23.5 Å². The van der Waals surface area contributed by atoms with Crippen LogP contribution in [0, 0.1) is 0 Å². The number of aliphatic imine (C=N–C) groups is 3. The van der Waals surface area contributed by atoms with Crippen LogP contribution < -0.4 is 0 Å². The molecule has 0 aliphatic carbocycles. The van der Waals surface area contributed by atoms with E-state index in [1.54, 1.807) is 12.5 Å². The third kappa shape index (κ3) is 3.42. The summed E-state index contributed by atoms with van der Waals surface area (Å²) in [6.07, 6.45) is 14.2. The first-order valence-corrected chi connectivity index (χ1v) is 7.89. The normalized spacial score (nSPS) is 22.6. The Morgan fingerprint density at radius 1 is 0.960 bits per heavy atom. The second kappa shape index (κ2) is 7.00. The van der Waals surface area contributed by atoms with Crippen LogP contribution in [0.15, 0.2) is 88.3 Å². The largest absolute Gasteiger partial charge is 0.468 e. The van der Waals surface area contributed by atoms with E-state index in [0.717, 1.165) is 28.2 Å². The van der Waals surface area contributed by atoms with Crippen LogP contribution in [-0.4, -0.2) is 29.4 Å². The Bertz CT molecular complexity index is 875. The smallest absolute Gasteiger partial charge is 0.180 e. The number of para-hydroxylation sites is 1. The summed E-state index contributed by atoms with van der Waals surface area (Å²) in [4.78, 5) is 15.4. The number of hydrogen-bond acceptors (Lipinski definition) is 6. The Morgan fingerprint density at radius 2 is 1.88 bits per heavy atom. The molecule has 0 saturated heterocycles. The zero-order chi connectivity index (χ0) is 16.9. The zero-order valence-corrected chi connectivity index (χ0v) is 13.4. The SMILES string of the molecule is C1=CN2C=C3C1=NCN=C3Cc1ccccc1/N=C\O/C=C\O/C=C\2. The summed E-state index contributed by atoms with van der Waals surface area (Å²) in [7, 11) is 0. The summed E-state index contributed by atoms with van der Waals surface area (Å²) in [5.74, 6) is 0. The molecule has 6 nitrogen and oxygen atoms in total. The van der Waals surface area contributed by atoms with Crippen LogP contribution in [0.5, 0.6) is 0 Å². The summed E-state index contributed by atoms with van der Waals surface area (Å²) in [6, 6.07) is 7.95. The molecule has 6 heteroatoms. The van der Waals surface area contributed by atoms with E-state index in [0.29, 0.717) is 13.1 Å². The van der Waals surface area contributed by atoms with Gasteiger partial charge in [-0.05, 0) is 17.7 Å². The van der Waals surface area contributed by atoms with E-state index in [9.17, 15) is 0 Å². The van der Waals surface area contributed by atoms with Crippen molar-refractivity contribution in [1.82, 2.24) is 4.90 Å². The topological polar surface area (TPSA) is 58.8 Å². The number of allylic oxidation sites excluding steroid dienone is 2. The second-order valence-corrected chi connectivity index (χ2v) is 5.46. The van der Waals surface area contributed by atoms with Crippen molar-refractivity contribution in [1.29, 1.82) is 0 Å². The van der Waals surface area contributed by atoms with E-state index in [2.05, 4.69) is 21.0 Å². The van der Waals surface area contributed by atoms with E-state index in [1.165, 1.54) is 18.9 Å². The van der Waals surface area contributed by atoms with Gasteiger partial charge in [-0.25, -0.2) is 4.99 Å². The lowest BCUT2D eigenvalue weighted by Gasteiger charge is -2.23. The van der Waals surface area contributed by atoms with Crippen molar-refractivity contribution in [2.75, 3.05) is 6.67 Å². The second-order valence-electron chi connectivity index (χ2n) is 5.46. The van der Waals surface area contributed by atoms with Gasteiger partial charge in [-0.1, -0.05) is 18.2 Å². The van der Waals surface area contributed by atoms with Crippen LogP contribution >= 0.6 is 0 Å². The van der Waals surface area contributed by atoms with Gasteiger partial charge in [-0.3, -0.25) is 9.98 Å². The first kappa shape index (κ1) is 15.1. The van der Waals surface area contributed by atoms with Crippen molar-refractivity contribution in [3.8, 4) is 0 Å². The fraction of sp³-hybridized carbons (Fsp3) is 0.105. The average molecular weight is 332 g/mol. The molecule has 3 aliphatic rings. The minimum atomic E-state index is 0.448. The fourth-order valence-corrected chi connectivity index (χ4v) is 2.69. The van der Waals surface area contributed by atoms with Crippen LogP contribution in [0.2, 0.25) is 0 Å². The van der Waals surface area contributed by atoms with Gasteiger partial charge in [-0.2, -0.15) is 0 Å². The molecule has 0 fully saturated rings. The van der Waals surface area contributed by atoms with Gasteiger partial charge in [0, 0.05) is 30.6 Å². The van der Waals surface area contributed by atoms with Crippen molar-refractivity contribution in [2.24, 2.45) is 15.0 Å². The molecule has 0 saturated carbocycles. The summed E-state index contributed by atoms with van der Waals surface area (Å²) < 4.78 is 10.5. The monoisotopic (exact) mass is 332 g/mol. The van der Waals surface area contributed by atoms with Gasteiger partial charge >= 0.3 is 0 Å². The minimum absolute atomic E-state index is 0.448.